The van der Waals surface area contributed by atoms with E-state index in [0.717, 1.165) is 16.2 Å². The van der Waals surface area contributed by atoms with Crippen molar-refractivity contribution in [3.8, 4) is 5.75 Å². The molecule has 0 saturated heterocycles. The molecule has 0 fully saturated rings. The summed E-state index contributed by atoms with van der Waals surface area (Å²) >= 11 is 1.63. The summed E-state index contributed by atoms with van der Waals surface area (Å²) in [5, 5.41) is 5.22. The Kier molecular flexibility index (Phi) is 3.99. The molecule has 0 saturated carbocycles. The van der Waals surface area contributed by atoms with Gasteiger partial charge in [-0.25, -0.2) is 4.39 Å². The van der Waals surface area contributed by atoms with E-state index in [1.807, 2.05) is 30.6 Å². The summed E-state index contributed by atoms with van der Waals surface area (Å²) < 4.78 is 18.5. The highest BCUT2D eigenvalue weighted by Gasteiger charge is 2.15. The van der Waals surface area contributed by atoms with Crippen molar-refractivity contribution >= 4 is 11.3 Å². The standard InChI is InChI=1S/C14H16FNOS/c1-9-6-10(4-5-12(9)15)14(16-2)13-7-11(17-3)8-18-13/h4-8,14,16H,1-3H3. The maximum atomic E-state index is 13.3. The van der Waals surface area contributed by atoms with Crippen molar-refractivity contribution in [2.75, 3.05) is 14.2 Å². The molecule has 0 radical (unpaired) electrons. The maximum Gasteiger partial charge on any atom is 0.129 e. The van der Waals surface area contributed by atoms with Gasteiger partial charge in [-0.3, -0.25) is 0 Å². The summed E-state index contributed by atoms with van der Waals surface area (Å²) in [6, 6.07) is 7.28. The van der Waals surface area contributed by atoms with Crippen LogP contribution in [0.25, 0.3) is 0 Å². The zero-order valence-corrected chi connectivity index (χ0v) is 11.5. The van der Waals surface area contributed by atoms with E-state index >= 15 is 0 Å². The van der Waals surface area contributed by atoms with Crippen LogP contribution in [0.2, 0.25) is 0 Å². The maximum absolute atomic E-state index is 13.3. The Balaban J connectivity index is 2.35. The highest BCUT2D eigenvalue weighted by atomic mass is 32.1. The summed E-state index contributed by atoms with van der Waals surface area (Å²) in [4.78, 5) is 1.15. The Morgan fingerprint density at radius 1 is 1.33 bits per heavy atom. The monoisotopic (exact) mass is 265 g/mol. The molecule has 1 unspecified atom stereocenters. The minimum absolute atomic E-state index is 0.0678. The zero-order valence-electron chi connectivity index (χ0n) is 10.7. The summed E-state index contributed by atoms with van der Waals surface area (Å²) in [6.45, 7) is 1.78. The molecule has 2 aromatic rings. The number of nitrogens with one attached hydrogen (secondary N) is 1. The van der Waals surface area contributed by atoms with Crippen LogP contribution >= 0.6 is 11.3 Å². The third-order valence-corrected chi connectivity index (χ3v) is 3.90. The van der Waals surface area contributed by atoms with Crippen molar-refractivity contribution in [3.05, 3.63) is 51.5 Å². The fourth-order valence-corrected chi connectivity index (χ4v) is 2.90. The average molecular weight is 265 g/mol. The number of hydrogen-bond donors (Lipinski definition) is 1. The molecule has 0 aliphatic heterocycles. The van der Waals surface area contributed by atoms with Gasteiger partial charge in [-0.2, -0.15) is 0 Å². The van der Waals surface area contributed by atoms with Crippen molar-refractivity contribution in [3.63, 3.8) is 0 Å². The van der Waals surface area contributed by atoms with Crippen LogP contribution in [-0.4, -0.2) is 14.2 Å². The number of methoxy groups -OCH3 is 1. The van der Waals surface area contributed by atoms with Gasteiger partial charge in [0, 0.05) is 10.3 Å². The molecule has 1 aromatic carbocycles. The SMILES string of the molecule is CNC(c1ccc(F)c(C)c1)c1cc(OC)cs1. The topological polar surface area (TPSA) is 21.3 Å². The van der Waals surface area contributed by atoms with Crippen molar-refractivity contribution in [1.82, 2.24) is 5.32 Å². The van der Waals surface area contributed by atoms with E-state index < -0.39 is 0 Å². The molecule has 1 atom stereocenters. The lowest BCUT2D eigenvalue weighted by molar-refractivity contribution is 0.416. The number of aryl methyl sites for hydroxylation is 1. The first-order valence-electron chi connectivity index (χ1n) is 5.71. The first-order chi connectivity index (χ1) is 8.65. The van der Waals surface area contributed by atoms with Gasteiger partial charge in [0.05, 0.1) is 13.2 Å². The Hall–Kier alpha value is -1.39. The van der Waals surface area contributed by atoms with Crippen molar-refractivity contribution in [1.29, 1.82) is 0 Å². The highest BCUT2D eigenvalue weighted by Crippen LogP contribution is 2.31. The molecular formula is C14H16FNOS. The molecule has 0 spiro atoms. The van der Waals surface area contributed by atoms with Gasteiger partial charge in [0.1, 0.15) is 11.6 Å². The normalized spacial score (nSPS) is 12.4. The lowest BCUT2D eigenvalue weighted by Crippen LogP contribution is -2.16. The van der Waals surface area contributed by atoms with Crippen molar-refractivity contribution < 1.29 is 9.13 Å². The van der Waals surface area contributed by atoms with Crippen LogP contribution in [0.15, 0.2) is 29.6 Å². The number of halogens is 1. The van der Waals surface area contributed by atoms with Gasteiger partial charge in [-0.05, 0) is 37.2 Å². The van der Waals surface area contributed by atoms with Crippen molar-refractivity contribution in [2.45, 2.75) is 13.0 Å². The first-order valence-corrected chi connectivity index (χ1v) is 6.59. The van der Waals surface area contributed by atoms with Gasteiger partial charge < -0.3 is 10.1 Å². The Labute approximate surface area is 110 Å². The molecule has 0 bridgehead atoms. The fraction of sp³-hybridized carbons (Fsp3) is 0.286. The van der Waals surface area contributed by atoms with Gasteiger partial charge in [0.2, 0.25) is 0 Å². The third kappa shape index (κ3) is 2.54. The summed E-state index contributed by atoms with van der Waals surface area (Å²) in [5.41, 5.74) is 1.72. The number of benzene rings is 1. The van der Waals surface area contributed by atoms with E-state index in [2.05, 4.69) is 5.32 Å². The number of hydrogen-bond acceptors (Lipinski definition) is 3. The molecule has 96 valence electrons. The van der Waals surface area contributed by atoms with Gasteiger partial charge in [-0.15, -0.1) is 11.3 Å². The molecule has 18 heavy (non-hydrogen) atoms. The first kappa shape index (κ1) is 13.1. The second kappa shape index (κ2) is 5.50. The Morgan fingerprint density at radius 2 is 2.11 bits per heavy atom. The van der Waals surface area contributed by atoms with Crippen molar-refractivity contribution in [2.24, 2.45) is 0 Å². The van der Waals surface area contributed by atoms with E-state index in [1.54, 1.807) is 25.4 Å². The molecule has 2 rings (SSSR count). The average Bonchev–Trinajstić information content (AvgIpc) is 2.83. The molecule has 0 aliphatic rings. The Morgan fingerprint density at radius 3 is 2.67 bits per heavy atom. The van der Waals surface area contributed by atoms with Gasteiger partial charge in [0.25, 0.3) is 0 Å². The predicted molar refractivity (Wildman–Crippen MR) is 72.9 cm³/mol. The van der Waals surface area contributed by atoms with Gasteiger partial charge in [-0.1, -0.05) is 12.1 Å². The van der Waals surface area contributed by atoms with E-state index in [0.29, 0.717) is 5.56 Å². The molecule has 1 heterocycles. The van der Waals surface area contributed by atoms with Gasteiger partial charge in [0.15, 0.2) is 0 Å². The molecule has 0 amide bonds. The predicted octanol–water partition coefficient (Wildman–Crippen LogP) is 3.51. The van der Waals surface area contributed by atoms with Crippen LogP contribution in [-0.2, 0) is 0 Å². The van der Waals surface area contributed by atoms with Crippen LogP contribution in [0.3, 0.4) is 0 Å². The largest absolute Gasteiger partial charge is 0.496 e. The van der Waals surface area contributed by atoms with Gasteiger partial charge >= 0.3 is 0 Å². The molecule has 0 aliphatic carbocycles. The molecule has 2 nitrogen and oxygen atoms in total. The minimum Gasteiger partial charge on any atom is -0.496 e. The van der Waals surface area contributed by atoms with E-state index in [1.165, 1.54) is 6.07 Å². The number of ether oxygens (including phenoxy) is 1. The third-order valence-electron chi connectivity index (χ3n) is 2.92. The smallest absolute Gasteiger partial charge is 0.129 e. The Bertz CT molecular complexity index is 538. The second-order valence-corrected chi connectivity index (χ2v) is 5.06. The summed E-state index contributed by atoms with van der Waals surface area (Å²) in [6.07, 6.45) is 0. The van der Waals surface area contributed by atoms with Crippen LogP contribution in [0.5, 0.6) is 5.75 Å². The lowest BCUT2D eigenvalue weighted by Gasteiger charge is -2.15. The highest BCUT2D eigenvalue weighted by molar-refractivity contribution is 7.10. The van der Waals surface area contributed by atoms with Crippen LogP contribution in [0.1, 0.15) is 22.0 Å². The van der Waals surface area contributed by atoms with Crippen LogP contribution in [0.4, 0.5) is 4.39 Å². The van der Waals surface area contributed by atoms with E-state index in [9.17, 15) is 4.39 Å². The van der Waals surface area contributed by atoms with E-state index in [4.69, 9.17) is 4.74 Å². The molecule has 1 aromatic heterocycles. The summed E-state index contributed by atoms with van der Waals surface area (Å²) in [7, 11) is 3.55. The molecule has 4 heteroatoms. The number of rotatable bonds is 4. The summed E-state index contributed by atoms with van der Waals surface area (Å²) in [5.74, 6) is 0.687. The second-order valence-electron chi connectivity index (χ2n) is 4.12. The fourth-order valence-electron chi connectivity index (χ4n) is 1.91. The van der Waals surface area contributed by atoms with Crippen LogP contribution in [0, 0.1) is 12.7 Å². The molecular weight excluding hydrogens is 249 g/mol. The minimum atomic E-state index is -0.169. The zero-order chi connectivity index (χ0) is 13.1. The van der Waals surface area contributed by atoms with E-state index in [-0.39, 0.29) is 11.9 Å². The van der Waals surface area contributed by atoms with Crippen LogP contribution < -0.4 is 10.1 Å². The quantitative estimate of drug-likeness (QED) is 0.913. The lowest BCUT2D eigenvalue weighted by atomic mass is 10.0. The number of thiophene rings is 1. The molecule has 1 N–H and O–H groups in total.